The first-order valence-electron chi connectivity index (χ1n) is 6.01. The lowest BCUT2D eigenvalue weighted by molar-refractivity contribution is 0.0395. The molecule has 0 aliphatic heterocycles. The molecule has 0 aromatic heterocycles. The van der Waals surface area contributed by atoms with Crippen molar-refractivity contribution < 1.29 is 9.84 Å². The lowest BCUT2D eigenvalue weighted by Crippen LogP contribution is -2.57. The van der Waals surface area contributed by atoms with Crippen LogP contribution in [-0.4, -0.2) is 37.5 Å². The highest BCUT2D eigenvalue weighted by atomic mass is 16.5. The van der Waals surface area contributed by atoms with Crippen molar-refractivity contribution in [1.29, 1.82) is 0 Å². The third-order valence-corrected chi connectivity index (χ3v) is 4.07. The van der Waals surface area contributed by atoms with Crippen LogP contribution in [0, 0.1) is 11.8 Å². The minimum Gasteiger partial charge on any atom is -0.394 e. The van der Waals surface area contributed by atoms with E-state index in [2.05, 4.69) is 19.2 Å². The molecular weight excluding hydrogens is 190 g/mol. The lowest BCUT2D eigenvalue weighted by Gasteiger charge is -2.45. The molecular formula is C12H25NO2. The zero-order chi connectivity index (χ0) is 11.3. The molecule has 3 nitrogen and oxygen atoms in total. The Kier molecular flexibility index (Phi) is 5.03. The van der Waals surface area contributed by atoms with E-state index in [0.717, 1.165) is 13.0 Å². The van der Waals surface area contributed by atoms with Gasteiger partial charge in [0.25, 0.3) is 0 Å². The zero-order valence-electron chi connectivity index (χ0n) is 10.3. The van der Waals surface area contributed by atoms with E-state index >= 15 is 0 Å². The van der Waals surface area contributed by atoms with Crippen molar-refractivity contribution in [2.75, 3.05) is 26.9 Å². The first kappa shape index (κ1) is 12.9. The molecule has 1 aliphatic rings. The SMILES string of the molecule is COCCNC1(CO)CCCC(C)C1C. The molecule has 90 valence electrons. The summed E-state index contributed by atoms with van der Waals surface area (Å²) < 4.78 is 5.04. The molecule has 0 aromatic rings. The van der Waals surface area contributed by atoms with Crippen LogP contribution in [0.3, 0.4) is 0 Å². The summed E-state index contributed by atoms with van der Waals surface area (Å²) in [4.78, 5) is 0. The number of methoxy groups -OCH3 is 1. The molecule has 0 aromatic carbocycles. The van der Waals surface area contributed by atoms with Gasteiger partial charge in [-0.25, -0.2) is 0 Å². The van der Waals surface area contributed by atoms with Crippen LogP contribution < -0.4 is 5.32 Å². The highest BCUT2D eigenvalue weighted by molar-refractivity contribution is 4.97. The molecule has 0 bridgehead atoms. The molecule has 3 atom stereocenters. The predicted octanol–water partition coefficient (Wildman–Crippen LogP) is 1.41. The molecule has 2 N–H and O–H groups in total. The molecule has 0 spiro atoms. The summed E-state index contributed by atoms with van der Waals surface area (Å²) in [7, 11) is 1.71. The minimum absolute atomic E-state index is 0.0732. The summed E-state index contributed by atoms with van der Waals surface area (Å²) in [5.74, 6) is 1.23. The van der Waals surface area contributed by atoms with Gasteiger partial charge in [-0.15, -0.1) is 0 Å². The van der Waals surface area contributed by atoms with Gasteiger partial charge in [-0.05, 0) is 18.3 Å². The van der Waals surface area contributed by atoms with Crippen molar-refractivity contribution in [2.45, 2.75) is 38.6 Å². The van der Waals surface area contributed by atoms with Crippen LogP contribution >= 0.6 is 0 Å². The van der Waals surface area contributed by atoms with Crippen LogP contribution in [0.2, 0.25) is 0 Å². The third-order valence-electron chi connectivity index (χ3n) is 4.07. The Morgan fingerprint density at radius 1 is 1.47 bits per heavy atom. The van der Waals surface area contributed by atoms with E-state index in [0.29, 0.717) is 18.4 Å². The fraction of sp³-hybridized carbons (Fsp3) is 1.00. The van der Waals surface area contributed by atoms with Crippen molar-refractivity contribution in [3.05, 3.63) is 0 Å². The standard InChI is InChI=1S/C12H25NO2/c1-10-5-4-6-12(9-14,11(10)2)13-7-8-15-3/h10-11,13-14H,4-9H2,1-3H3. The van der Waals surface area contributed by atoms with Gasteiger partial charge in [-0.3, -0.25) is 0 Å². The Labute approximate surface area is 93.2 Å². The number of nitrogens with one attached hydrogen (secondary N) is 1. The van der Waals surface area contributed by atoms with E-state index in [1.807, 2.05) is 0 Å². The Morgan fingerprint density at radius 2 is 2.20 bits per heavy atom. The molecule has 0 saturated heterocycles. The normalized spacial score (nSPS) is 36.8. The van der Waals surface area contributed by atoms with E-state index in [1.165, 1.54) is 12.8 Å². The maximum atomic E-state index is 9.63. The van der Waals surface area contributed by atoms with E-state index in [-0.39, 0.29) is 12.1 Å². The molecule has 0 heterocycles. The maximum Gasteiger partial charge on any atom is 0.0616 e. The summed E-state index contributed by atoms with van der Waals surface area (Å²) >= 11 is 0. The van der Waals surface area contributed by atoms with Crippen molar-refractivity contribution >= 4 is 0 Å². The summed E-state index contributed by atoms with van der Waals surface area (Å²) in [6.45, 7) is 6.31. The first-order valence-corrected chi connectivity index (χ1v) is 6.01. The van der Waals surface area contributed by atoms with Gasteiger partial charge >= 0.3 is 0 Å². The second kappa shape index (κ2) is 5.83. The zero-order valence-corrected chi connectivity index (χ0v) is 10.3. The molecule has 0 amide bonds. The summed E-state index contributed by atoms with van der Waals surface area (Å²) in [6, 6.07) is 0. The number of aliphatic hydroxyl groups is 1. The molecule has 1 aliphatic carbocycles. The minimum atomic E-state index is -0.0732. The monoisotopic (exact) mass is 215 g/mol. The van der Waals surface area contributed by atoms with E-state index in [9.17, 15) is 5.11 Å². The molecule has 1 rings (SSSR count). The average Bonchev–Trinajstić information content (AvgIpc) is 2.25. The van der Waals surface area contributed by atoms with E-state index < -0.39 is 0 Å². The second-order valence-corrected chi connectivity index (χ2v) is 4.89. The quantitative estimate of drug-likeness (QED) is 0.681. The average molecular weight is 215 g/mol. The first-order chi connectivity index (χ1) is 7.16. The topological polar surface area (TPSA) is 41.5 Å². The van der Waals surface area contributed by atoms with Crippen LogP contribution in [0.1, 0.15) is 33.1 Å². The van der Waals surface area contributed by atoms with E-state index in [1.54, 1.807) is 7.11 Å². The van der Waals surface area contributed by atoms with Gasteiger partial charge in [0.1, 0.15) is 0 Å². The molecule has 1 saturated carbocycles. The number of hydrogen-bond acceptors (Lipinski definition) is 3. The number of hydrogen-bond donors (Lipinski definition) is 2. The maximum absolute atomic E-state index is 9.63. The van der Waals surface area contributed by atoms with Gasteiger partial charge in [-0.2, -0.15) is 0 Å². The van der Waals surface area contributed by atoms with Crippen molar-refractivity contribution in [3.8, 4) is 0 Å². The summed E-state index contributed by atoms with van der Waals surface area (Å²) in [5, 5.41) is 13.1. The second-order valence-electron chi connectivity index (χ2n) is 4.89. The molecule has 3 heteroatoms. The lowest BCUT2D eigenvalue weighted by atomic mass is 9.68. The predicted molar refractivity (Wildman–Crippen MR) is 61.9 cm³/mol. The van der Waals surface area contributed by atoms with Gasteiger partial charge in [0.05, 0.1) is 13.2 Å². The highest BCUT2D eigenvalue weighted by Crippen LogP contribution is 2.37. The smallest absolute Gasteiger partial charge is 0.0616 e. The summed E-state index contributed by atoms with van der Waals surface area (Å²) in [5.41, 5.74) is -0.0732. The van der Waals surface area contributed by atoms with Crippen molar-refractivity contribution in [2.24, 2.45) is 11.8 Å². The van der Waals surface area contributed by atoms with Crippen molar-refractivity contribution in [3.63, 3.8) is 0 Å². The number of rotatable bonds is 5. The molecule has 1 fully saturated rings. The van der Waals surface area contributed by atoms with Gasteiger partial charge in [-0.1, -0.05) is 26.7 Å². The van der Waals surface area contributed by atoms with E-state index in [4.69, 9.17) is 4.74 Å². The van der Waals surface area contributed by atoms with Gasteiger partial charge in [0, 0.05) is 19.2 Å². The van der Waals surface area contributed by atoms with Crippen LogP contribution in [0.25, 0.3) is 0 Å². The molecule has 3 unspecified atom stereocenters. The Balaban J connectivity index is 2.56. The fourth-order valence-electron chi connectivity index (χ4n) is 2.69. The summed E-state index contributed by atoms with van der Waals surface area (Å²) in [6.07, 6.45) is 3.58. The molecule has 15 heavy (non-hydrogen) atoms. The fourth-order valence-corrected chi connectivity index (χ4v) is 2.69. The number of ether oxygens (including phenoxy) is 1. The number of aliphatic hydroxyl groups excluding tert-OH is 1. The Bertz CT molecular complexity index is 186. The van der Waals surface area contributed by atoms with Gasteiger partial charge in [0.15, 0.2) is 0 Å². The van der Waals surface area contributed by atoms with Crippen LogP contribution in [0.15, 0.2) is 0 Å². The van der Waals surface area contributed by atoms with Gasteiger partial charge in [0.2, 0.25) is 0 Å². The van der Waals surface area contributed by atoms with Crippen LogP contribution in [-0.2, 0) is 4.74 Å². The van der Waals surface area contributed by atoms with Gasteiger partial charge < -0.3 is 15.2 Å². The Morgan fingerprint density at radius 3 is 2.80 bits per heavy atom. The van der Waals surface area contributed by atoms with Crippen LogP contribution in [0.4, 0.5) is 0 Å². The highest BCUT2D eigenvalue weighted by Gasteiger charge is 2.40. The van der Waals surface area contributed by atoms with Crippen molar-refractivity contribution in [1.82, 2.24) is 5.32 Å². The largest absolute Gasteiger partial charge is 0.394 e. The molecule has 0 radical (unpaired) electrons. The van der Waals surface area contributed by atoms with Crippen LogP contribution in [0.5, 0.6) is 0 Å². The Hall–Kier alpha value is -0.120. The third kappa shape index (κ3) is 2.92.